The summed E-state index contributed by atoms with van der Waals surface area (Å²) in [6.45, 7) is 0.331. The summed E-state index contributed by atoms with van der Waals surface area (Å²) in [5.74, 6) is 1.18. The molecular formula is C21H21N3O4S. The molecule has 1 atom stereocenters. The average Bonchev–Trinajstić information content (AvgIpc) is 3.30. The minimum absolute atomic E-state index is 0.0370. The number of carbonyl (C=O) groups is 2. The molecule has 1 aromatic heterocycles. The molecule has 3 aromatic rings. The van der Waals surface area contributed by atoms with E-state index in [1.807, 2.05) is 42.5 Å². The van der Waals surface area contributed by atoms with Crippen molar-refractivity contribution in [3.05, 3.63) is 48.0 Å². The molecular weight excluding hydrogens is 390 g/mol. The standard InChI is InChI=1S/C21H21N3O4S/c1-27-14-7-8-15-18(11-14)29-21(22-15)23-20(26)16-9-10-19(25)24(16)12-13-5-3-4-6-17(13)28-2/h3-8,11,16H,9-10,12H2,1-2H3,(H,22,23,26). The molecule has 150 valence electrons. The number of nitrogens with zero attached hydrogens (tertiary/aromatic N) is 2. The van der Waals surface area contributed by atoms with Gasteiger partial charge in [-0.05, 0) is 30.7 Å². The van der Waals surface area contributed by atoms with Crippen LogP contribution in [0, 0.1) is 0 Å². The van der Waals surface area contributed by atoms with Crippen LogP contribution in [0.1, 0.15) is 18.4 Å². The number of amides is 2. The second-order valence-corrected chi connectivity index (χ2v) is 7.76. The summed E-state index contributed by atoms with van der Waals surface area (Å²) in [6, 6.07) is 12.6. The fourth-order valence-electron chi connectivity index (χ4n) is 3.50. The van der Waals surface area contributed by atoms with E-state index in [1.54, 1.807) is 19.1 Å². The number of rotatable bonds is 6. The average molecular weight is 411 g/mol. The molecule has 1 saturated heterocycles. The molecule has 1 aliphatic rings. The minimum atomic E-state index is -0.533. The topological polar surface area (TPSA) is 80.8 Å². The first-order valence-corrected chi connectivity index (χ1v) is 10.1. The molecule has 1 N–H and O–H groups in total. The number of benzene rings is 2. The highest BCUT2D eigenvalue weighted by Gasteiger charge is 2.36. The Balaban J connectivity index is 1.52. The highest BCUT2D eigenvalue weighted by Crippen LogP contribution is 2.31. The maximum atomic E-state index is 12.9. The predicted molar refractivity (Wildman–Crippen MR) is 111 cm³/mol. The lowest BCUT2D eigenvalue weighted by Crippen LogP contribution is -2.41. The molecule has 7 nitrogen and oxygen atoms in total. The number of methoxy groups -OCH3 is 2. The molecule has 29 heavy (non-hydrogen) atoms. The van der Waals surface area contributed by atoms with Gasteiger partial charge in [-0.15, -0.1) is 0 Å². The van der Waals surface area contributed by atoms with Crippen LogP contribution in [-0.4, -0.2) is 42.0 Å². The quantitative estimate of drug-likeness (QED) is 0.672. The molecule has 1 fully saturated rings. The Labute approximate surface area is 172 Å². The Kier molecular flexibility index (Phi) is 5.35. The lowest BCUT2D eigenvalue weighted by molar-refractivity contribution is -0.133. The second kappa shape index (κ2) is 8.08. The van der Waals surface area contributed by atoms with Crippen LogP contribution in [-0.2, 0) is 16.1 Å². The van der Waals surface area contributed by atoms with E-state index in [-0.39, 0.29) is 11.8 Å². The maximum Gasteiger partial charge on any atom is 0.248 e. The SMILES string of the molecule is COc1ccc2nc(NC(=O)C3CCC(=O)N3Cc3ccccc3OC)sc2c1. The van der Waals surface area contributed by atoms with Gasteiger partial charge in [-0.1, -0.05) is 29.5 Å². The van der Waals surface area contributed by atoms with Crippen LogP contribution in [0.3, 0.4) is 0 Å². The van der Waals surface area contributed by atoms with Crippen LogP contribution in [0.2, 0.25) is 0 Å². The van der Waals surface area contributed by atoms with Crippen molar-refractivity contribution in [1.29, 1.82) is 0 Å². The highest BCUT2D eigenvalue weighted by atomic mass is 32.1. The summed E-state index contributed by atoms with van der Waals surface area (Å²) in [5.41, 5.74) is 1.66. The number of fused-ring (bicyclic) bond motifs is 1. The van der Waals surface area contributed by atoms with Gasteiger partial charge in [0.2, 0.25) is 11.8 Å². The van der Waals surface area contributed by atoms with E-state index < -0.39 is 6.04 Å². The third-order valence-electron chi connectivity index (χ3n) is 4.99. The molecule has 2 heterocycles. The van der Waals surface area contributed by atoms with Crippen molar-refractivity contribution in [1.82, 2.24) is 9.88 Å². The van der Waals surface area contributed by atoms with Gasteiger partial charge < -0.3 is 19.7 Å². The van der Waals surface area contributed by atoms with Crippen LogP contribution < -0.4 is 14.8 Å². The van der Waals surface area contributed by atoms with Gasteiger partial charge in [-0.2, -0.15) is 0 Å². The molecule has 1 unspecified atom stereocenters. The Hall–Kier alpha value is -3.13. The number of ether oxygens (including phenoxy) is 2. The van der Waals surface area contributed by atoms with Crippen molar-refractivity contribution < 1.29 is 19.1 Å². The zero-order chi connectivity index (χ0) is 20.4. The maximum absolute atomic E-state index is 12.9. The van der Waals surface area contributed by atoms with E-state index in [4.69, 9.17) is 9.47 Å². The Morgan fingerprint density at radius 2 is 2.07 bits per heavy atom. The third-order valence-corrected chi connectivity index (χ3v) is 5.92. The number of thiazole rings is 1. The molecule has 0 bridgehead atoms. The summed E-state index contributed by atoms with van der Waals surface area (Å²) in [4.78, 5) is 31.4. The van der Waals surface area contributed by atoms with Gasteiger partial charge in [0.05, 0.1) is 31.0 Å². The molecule has 0 radical (unpaired) electrons. The van der Waals surface area contributed by atoms with E-state index in [0.29, 0.717) is 30.3 Å². The summed E-state index contributed by atoms with van der Waals surface area (Å²) < 4.78 is 11.5. The largest absolute Gasteiger partial charge is 0.497 e. The van der Waals surface area contributed by atoms with Crippen LogP contribution in [0.4, 0.5) is 5.13 Å². The normalized spacial score (nSPS) is 16.3. The van der Waals surface area contributed by atoms with Crippen molar-refractivity contribution in [2.75, 3.05) is 19.5 Å². The van der Waals surface area contributed by atoms with Crippen molar-refractivity contribution in [2.24, 2.45) is 0 Å². The molecule has 0 aliphatic carbocycles. The summed E-state index contributed by atoms with van der Waals surface area (Å²) in [6.07, 6.45) is 0.836. The number of aromatic nitrogens is 1. The van der Waals surface area contributed by atoms with Gasteiger partial charge >= 0.3 is 0 Å². The molecule has 2 aromatic carbocycles. The molecule has 4 rings (SSSR count). The van der Waals surface area contributed by atoms with Crippen LogP contribution in [0.5, 0.6) is 11.5 Å². The Bertz CT molecular complexity index is 1070. The molecule has 1 aliphatic heterocycles. The van der Waals surface area contributed by atoms with Gasteiger partial charge in [0.1, 0.15) is 17.5 Å². The molecule has 8 heteroatoms. The first-order valence-electron chi connectivity index (χ1n) is 9.26. The van der Waals surface area contributed by atoms with Gasteiger partial charge in [-0.25, -0.2) is 4.98 Å². The van der Waals surface area contributed by atoms with Crippen LogP contribution in [0.25, 0.3) is 10.2 Å². The Morgan fingerprint density at radius 1 is 1.24 bits per heavy atom. The Morgan fingerprint density at radius 3 is 2.86 bits per heavy atom. The van der Waals surface area contributed by atoms with Gasteiger partial charge in [0.15, 0.2) is 5.13 Å². The van der Waals surface area contributed by atoms with Crippen molar-refractivity contribution >= 4 is 38.5 Å². The number of likely N-dealkylation sites (tertiary alicyclic amines) is 1. The van der Waals surface area contributed by atoms with Crippen molar-refractivity contribution in [3.8, 4) is 11.5 Å². The fourth-order valence-corrected chi connectivity index (χ4v) is 4.39. The predicted octanol–water partition coefficient (Wildman–Crippen LogP) is 3.44. The highest BCUT2D eigenvalue weighted by molar-refractivity contribution is 7.22. The van der Waals surface area contributed by atoms with E-state index in [0.717, 1.165) is 21.5 Å². The monoisotopic (exact) mass is 411 g/mol. The summed E-state index contributed by atoms with van der Waals surface area (Å²) in [5, 5.41) is 3.39. The van der Waals surface area contributed by atoms with E-state index in [9.17, 15) is 9.59 Å². The lowest BCUT2D eigenvalue weighted by atomic mass is 10.1. The summed E-state index contributed by atoms with van der Waals surface area (Å²) in [7, 11) is 3.20. The van der Waals surface area contributed by atoms with Crippen molar-refractivity contribution in [3.63, 3.8) is 0 Å². The molecule has 0 spiro atoms. The van der Waals surface area contributed by atoms with Crippen LogP contribution in [0.15, 0.2) is 42.5 Å². The summed E-state index contributed by atoms with van der Waals surface area (Å²) >= 11 is 1.38. The smallest absolute Gasteiger partial charge is 0.248 e. The number of hydrogen-bond acceptors (Lipinski definition) is 6. The number of hydrogen-bond donors (Lipinski definition) is 1. The van der Waals surface area contributed by atoms with E-state index in [1.165, 1.54) is 11.3 Å². The van der Waals surface area contributed by atoms with Gasteiger partial charge in [0.25, 0.3) is 0 Å². The minimum Gasteiger partial charge on any atom is -0.497 e. The van der Waals surface area contributed by atoms with E-state index in [2.05, 4.69) is 10.3 Å². The number of anilines is 1. The molecule has 0 saturated carbocycles. The lowest BCUT2D eigenvalue weighted by Gasteiger charge is -2.24. The number of carbonyl (C=O) groups excluding carboxylic acids is 2. The first kappa shape index (κ1) is 19.2. The first-order chi connectivity index (χ1) is 14.1. The third kappa shape index (κ3) is 3.88. The second-order valence-electron chi connectivity index (χ2n) is 6.73. The zero-order valence-corrected chi connectivity index (χ0v) is 17.0. The van der Waals surface area contributed by atoms with E-state index >= 15 is 0 Å². The van der Waals surface area contributed by atoms with Crippen LogP contribution >= 0.6 is 11.3 Å². The van der Waals surface area contributed by atoms with Crippen molar-refractivity contribution in [2.45, 2.75) is 25.4 Å². The zero-order valence-electron chi connectivity index (χ0n) is 16.2. The number of para-hydroxylation sites is 1. The fraction of sp³-hybridized carbons (Fsp3) is 0.286. The molecule has 2 amide bonds. The van der Waals surface area contributed by atoms with Gasteiger partial charge in [0, 0.05) is 12.0 Å². The number of nitrogens with one attached hydrogen (secondary N) is 1. The van der Waals surface area contributed by atoms with Gasteiger partial charge in [-0.3, -0.25) is 9.59 Å².